The standard InChI is InChI=1S/C14H17N3/c1-2-16-11-14-15-8-9-17(14)10-13(16)12-6-4-3-5-7-12/h3-9,13H,2,10-11H2,1H3/t13-/m1/s1. The molecule has 0 saturated heterocycles. The summed E-state index contributed by atoms with van der Waals surface area (Å²) >= 11 is 0. The van der Waals surface area contributed by atoms with Crippen LogP contribution in [0.15, 0.2) is 42.7 Å². The van der Waals surface area contributed by atoms with Crippen molar-refractivity contribution in [1.82, 2.24) is 14.5 Å². The van der Waals surface area contributed by atoms with Gasteiger partial charge in [-0.3, -0.25) is 4.90 Å². The number of likely N-dealkylation sites (N-methyl/N-ethyl adjacent to an activating group) is 1. The first-order valence-electron chi connectivity index (χ1n) is 6.17. The highest BCUT2D eigenvalue weighted by Crippen LogP contribution is 2.28. The van der Waals surface area contributed by atoms with E-state index in [2.05, 4.69) is 57.9 Å². The molecule has 0 bridgehead atoms. The average molecular weight is 227 g/mol. The molecule has 0 aliphatic carbocycles. The third-order valence-corrected chi connectivity index (χ3v) is 3.55. The third kappa shape index (κ3) is 1.87. The molecule has 3 rings (SSSR count). The summed E-state index contributed by atoms with van der Waals surface area (Å²) in [5, 5.41) is 0. The molecule has 1 aromatic carbocycles. The molecular weight excluding hydrogens is 210 g/mol. The van der Waals surface area contributed by atoms with Crippen LogP contribution in [0.25, 0.3) is 0 Å². The number of hydrogen-bond acceptors (Lipinski definition) is 2. The van der Waals surface area contributed by atoms with Crippen LogP contribution in [0.1, 0.15) is 24.4 Å². The van der Waals surface area contributed by atoms with Gasteiger partial charge in [0.2, 0.25) is 0 Å². The Hall–Kier alpha value is -1.61. The van der Waals surface area contributed by atoms with E-state index in [0.29, 0.717) is 6.04 Å². The molecule has 0 spiro atoms. The summed E-state index contributed by atoms with van der Waals surface area (Å²) in [4.78, 5) is 6.89. The van der Waals surface area contributed by atoms with Crippen LogP contribution in [0.5, 0.6) is 0 Å². The molecule has 1 aliphatic rings. The molecule has 2 aromatic rings. The molecule has 0 fully saturated rings. The lowest BCUT2D eigenvalue weighted by molar-refractivity contribution is 0.145. The summed E-state index contributed by atoms with van der Waals surface area (Å²) < 4.78 is 2.27. The molecule has 1 aliphatic heterocycles. The summed E-state index contributed by atoms with van der Waals surface area (Å²) in [6.07, 6.45) is 3.98. The van der Waals surface area contributed by atoms with Crippen LogP contribution >= 0.6 is 0 Å². The SMILES string of the molecule is CCN1Cc2nccn2C[C@@H]1c1ccccc1. The smallest absolute Gasteiger partial charge is 0.122 e. The zero-order valence-electron chi connectivity index (χ0n) is 10.1. The zero-order valence-corrected chi connectivity index (χ0v) is 10.1. The van der Waals surface area contributed by atoms with Gasteiger partial charge in [0.25, 0.3) is 0 Å². The van der Waals surface area contributed by atoms with Crippen molar-refractivity contribution < 1.29 is 0 Å². The molecule has 17 heavy (non-hydrogen) atoms. The minimum atomic E-state index is 0.475. The van der Waals surface area contributed by atoms with Gasteiger partial charge in [-0.1, -0.05) is 37.3 Å². The van der Waals surface area contributed by atoms with Crippen LogP contribution in [-0.4, -0.2) is 21.0 Å². The lowest BCUT2D eigenvalue weighted by Crippen LogP contribution is -2.36. The van der Waals surface area contributed by atoms with Gasteiger partial charge in [-0.2, -0.15) is 0 Å². The number of imidazole rings is 1. The fourth-order valence-corrected chi connectivity index (χ4v) is 2.58. The number of benzene rings is 1. The van der Waals surface area contributed by atoms with Gasteiger partial charge in [-0.15, -0.1) is 0 Å². The van der Waals surface area contributed by atoms with Gasteiger partial charge in [-0.05, 0) is 12.1 Å². The molecule has 88 valence electrons. The normalized spacial score (nSPS) is 20.2. The molecule has 0 radical (unpaired) electrons. The summed E-state index contributed by atoms with van der Waals surface area (Å²) in [5.74, 6) is 1.18. The highest BCUT2D eigenvalue weighted by Gasteiger charge is 2.26. The molecule has 3 nitrogen and oxygen atoms in total. The lowest BCUT2D eigenvalue weighted by Gasteiger charge is -2.35. The first kappa shape index (κ1) is 10.5. The van der Waals surface area contributed by atoms with Crippen molar-refractivity contribution in [3.05, 3.63) is 54.1 Å². The fourth-order valence-electron chi connectivity index (χ4n) is 2.58. The van der Waals surface area contributed by atoms with Gasteiger partial charge >= 0.3 is 0 Å². The maximum absolute atomic E-state index is 4.40. The Kier molecular flexibility index (Phi) is 2.69. The topological polar surface area (TPSA) is 21.1 Å². The molecule has 3 heteroatoms. The maximum atomic E-state index is 4.40. The quantitative estimate of drug-likeness (QED) is 0.786. The highest BCUT2D eigenvalue weighted by molar-refractivity contribution is 5.20. The zero-order chi connectivity index (χ0) is 11.7. The second kappa shape index (κ2) is 4.34. The van der Waals surface area contributed by atoms with E-state index in [1.54, 1.807) is 0 Å². The van der Waals surface area contributed by atoms with Crippen LogP contribution in [0.4, 0.5) is 0 Å². The summed E-state index contributed by atoms with van der Waals surface area (Å²) in [6.45, 7) is 5.23. The Morgan fingerprint density at radius 1 is 1.29 bits per heavy atom. The summed E-state index contributed by atoms with van der Waals surface area (Å²) in [7, 11) is 0. The fraction of sp³-hybridized carbons (Fsp3) is 0.357. The summed E-state index contributed by atoms with van der Waals surface area (Å²) in [6, 6.07) is 11.2. The van der Waals surface area contributed by atoms with Crippen LogP contribution in [0, 0.1) is 0 Å². The Bertz CT molecular complexity index is 489. The van der Waals surface area contributed by atoms with E-state index in [0.717, 1.165) is 19.6 Å². The van der Waals surface area contributed by atoms with Crippen molar-refractivity contribution >= 4 is 0 Å². The van der Waals surface area contributed by atoms with Crippen molar-refractivity contribution in [3.63, 3.8) is 0 Å². The Balaban J connectivity index is 1.95. The summed E-state index contributed by atoms with van der Waals surface area (Å²) in [5.41, 5.74) is 1.40. The van der Waals surface area contributed by atoms with Crippen molar-refractivity contribution in [2.24, 2.45) is 0 Å². The van der Waals surface area contributed by atoms with Crippen LogP contribution in [-0.2, 0) is 13.1 Å². The Morgan fingerprint density at radius 2 is 2.12 bits per heavy atom. The van der Waals surface area contributed by atoms with Gasteiger partial charge in [0.15, 0.2) is 0 Å². The average Bonchev–Trinajstić information content (AvgIpc) is 2.85. The highest BCUT2D eigenvalue weighted by atomic mass is 15.3. The molecule has 0 unspecified atom stereocenters. The molecule has 0 saturated carbocycles. The van der Waals surface area contributed by atoms with Gasteiger partial charge in [0.1, 0.15) is 5.82 Å². The predicted molar refractivity (Wildman–Crippen MR) is 67.5 cm³/mol. The van der Waals surface area contributed by atoms with E-state index in [4.69, 9.17) is 0 Å². The molecule has 1 aromatic heterocycles. The van der Waals surface area contributed by atoms with E-state index in [1.165, 1.54) is 11.4 Å². The van der Waals surface area contributed by atoms with E-state index in [-0.39, 0.29) is 0 Å². The number of fused-ring (bicyclic) bond motifs is 1. The second-order valence-corrected chi connectivity index (χ2v) is 4.49. The van der Waals surface area contributed by atoms with Gasteiger partial charge < -0.3 is 4.57 Å². The van der Waals surface area contributed by atoms with Crippen molar-refractivity contribution in [2.45, 2.75) is 26.1 Å². The minimum Gasteiger partial charge on any atom is -0.332 e. The van der Waals surface area contributed by atoms with Gasteiger partial charge in [0.05, 0.1) is 12.6 Å². The van der Waals surface area contributed by atoms with E-state index in [9.17, 15) is 0 Å². The minimum absolute atomic E-state index is 0.475. The molecular formula is C14H17N3. The monoisotopic (exact) mass is 227 g/mol. The van der Waals surface area contributed by atoms with E-state index < -0.39 is 0 Å². The molecule has 0 N–H and O–H groups in total. The molecule has 2 heterocycles. The van der Waals surface area contributed by atoms with Crippen LogP contribution in [0.3, 0.4) is 0 Å². The van der Waals surface area contributed by atoms with Crippen molar-refractivity contribution in [2.75, 3.05) is 6.54 Å². The van der Waals surface area contributed by atoms with Gasteiger partial charge in [-0.25, -0.2) is 4.98 Å². The first-order chi connectivity index (χ1) is 8.38. The van der Waals surface area contributed by atoms with Crippen LogP contribution < -0.4 is 0 Å². The molecule has 1 atom stereocenters. The largest absolute Gasteiger partial charge is 0.332 e. The Morgan fingerprint density at radius 3 is 2.88 bits per heavy atom. The maximum Gasteiger partial charge on any atom is 0.122 e. The number of hydrogen-bond donors (Lipinski definition) is 0. The second-order valence-electron chi connectivity index (χ2n) is 4.49. The lowest BCUT2D eigenvalue weighted by atomic mass is 10.0. The Labute approximate surface area is 102 Å². The van der Waals surface area contributed by atoms with Gasteiger partial charge in [0, 0.05) is 18.9 Å². The van der Waals surface area contributed by atoms with Crippen molar-refractivity contribution in [3.8, 4) is 0 Å². The van der Waals surface area contributed by atoms with Crippen LogP contribution in [0.2, 0.25) is 0 Å². The molecule has 0 amide bonds. The third-order valence-electron chi connectivity index (χ3n) is 3.55. The number of nitrogens with zero attached hydrogens (tertiary/aromatic N) is 3. The van der Waals surface area contributed by atoms with Crippen molar-refractivity contribution in [1.29, 1.82) is 0 Å². The van der Waals surface area contributed by atoms with E-state index in [1.807, 2.05) is 6.20 Å². The number of aromatic nitrogens is 2. The van der Waals surface area contributed by atoms with E-state index >= 15 is 0 Å². The number of rotatable bonds is 2. The predicted octanol–water partition coefficient (Wildman–Crippen LogP) is 2.46. The first-order valence-corrected chi connectivity index (χ1v) is 6.17.